The average molecular weight is 471 g/mol. The zero-order valence-electron chi connectivity index (χ0n) is 14.6. The second kappa shape index (κ2) is 14.7. The van der Waals surface area contributed by atoms with E-state index >= 15 is 0 Å². The molecule has 23 heavy (non-hydrogen) atoms. The maximum Gasteiger partial charge on any atom is 2.00 e. The molecule has 0 aliphatic carbocycles. The summed E-state index contributed by atoms with van der Waals surface area (Å²) in [6.07, 6.45) is 3.64. The van der Waals surface area contributed by atoms with Crippen LogP contribution in [0.5, 0.6) is 0 Å². The second-order valence-electron chi connectivity index (χ2n) is 5.20. The van der Waals surface area contributed by atoms with Crippen LogP contribution >= 0.6 is 7.92 Å². The Morgan fingerprint density at radius 1 is 1.00 bits per heavy atom. The van der Waals surface area contributed by atoms with Gasteiger partial charge in [0.2, 0.25) is 0 Å². The Hall–Kier alpha value is 0.402. The molecule has 0 unspecified atom stereocenters. The third kappa shape index (κ3) is 18.6. The van der Waals surface area contributed by atoms with Gasteiger partial charge in [-0.1, -0.05) is 49.5 Å². The molecule has 0 atom stereocenters. The number of hydrogen-bond donors (Lipinski definition) is 0. The van der Waals surface area contributed by atoms with Crippen LogP contribution < -0.4 is 0 Å². The summed E-state index contributed by atoms with van der Waals surface area (Å²) in [6, 6.07) is 0. The van der Waals surface area contributed by atoms with Crippen LogP contribution in [-0.2, 0) is 30.5 Å². The molecule has 144 valence electrons. The molecule has 0 aliphatic heterocycles. The molecule has 0 aromatic heterocycles. The van der Waals surface area contributed by atoms with Gasteiger partial charge in [0.05, 0.1) is 0 Å². The minimum atomic E-state index is -6.09. The van der Waals surface area contributed by atoms with Crippen molar-refractivity contribution in [1.82, 2.24) is 0 Å². The van der Waals surface area contributed by atoms with E-state index in [1.165, 1.54) is 0 Å². The molecule has 0 N–H and O–H groups in total. The number of hydrogen-bond acceptors (Lipinski definition) is 3. The Morgan fingerprint density at radius 3 is 1.17 bits per heavy atom. The van der Waals surface area contributed by atoms with Crippen molar-refractivity contribution in [3.63, 3.8) is 0 Å². The fourth-order valence-corrected chi connectivity index (χ4v) is 5.37. The van der Waals surface area contributed by atoms with Crippen molar-refractivity contribution in [2.24, 2.45) is 0 Å². The molecule has 9 heteroatoms. The molecule has 0 bridgehead atoms. The van der Waals surface area contributed by atoms with Crippen molar-refractivity contribution in [2.75, 3.05) is 0 Å². The van der Waals surface area contributed by atoms with Gasteiger partial charge in [-0.05, 0) is 17.0 Å². The van der Waals surface area contributed by atoms with Crippen LogP contribution in [0.15, 0.2) is 12.2 Å². The first kappa shape index (κ1) is 31.2. The molecule has 0 amide bonds. The Bertz CT molecular complexity index is 372. The van der Waals surface area contributed by atoms with Gasteiger partial charge >= 0.3 is 25.9 Å². The molecule has 0 radical (unpaired) electrons. The van der Waals surface area contributed by atoms with E-state index in [4.69, 9.17) is 13.0 Å². The third-order valence-electron chi connectivity index (χ3n) is 2.31. The summed E-state index contributed by atoms with van der Waals surface area (Å²) in [7, 11) is -5.83. The van der Waals surface area contributed by atoms with Crippen molar-refractivity contribution in [3.05, 3.63) is 19.1 Å². The van der Waals surface area contributed by atoms with Gasteiger partial charge < -0.3 is 4.55 Å². The van der Waals surface area contributed by atoms with Crippen molar-refractivity contribution in [2.45, 2.75) is 71.0 Å². The summed E-state index contributed by atoms with van der Waals surface area (Å²) in [6.45, 7) is 19.5. The van der Waals surface area contributed by atoms with Crippen LogP contribution in [0.1, 0.15) is 48.5 Å². The summed E-state index contributed by atoms with van der Waals surface area (Å²) in [5, 5.41) is 0. The van der Waals surface area contributed by atoms with E-state index in [0.29, 0.717) is 0 Å². The maximum absolute atomic E-state index is 10.7. The predicted octanol–water partition coefficient (Wildman–Crippen LogP) is 5.14. The summed E-state index contributed by atoms with van der Waals surface area (Å²) in [4.78, 5) is 0. The number of rotatable bonds is 3. The molecule has 0 spiro atoms. The summed E-state index contributed by atoms with van der Waals surface area (Å²) in [5.41, 5.74) is -2.95. The Labute approximate surface area is 154 Å². The van der Waals surface area contributed by atoms with Crippen LogP contribution in [0.3, 0.4) is 0 Å². The number of alkyl halides is 3. The van der Waals surface area contributed by atoms with Gasteiger partial charge in [-0.2, -0.15) is 13.2 Å². The smallest absolute Gasteiger partial charge is 0.741 e. The first-order chi connectivity index (χ1) is 9.63. The summed E-state index contributed by atoms with van der Waals surface area (Å²) in [5.74, 6) is 0. The fourth-order valence-electron chi connectivity index (χ4n) is 1.79. The monoisotopic (exact) mass is 470 g/mol. The topological polar surface area (TPSA) is 57.2 Å². The van der Waals surface area contributed by atoms with E-state index in [1.54, 1.807) is 6.08 Å². The Morgan fingerprint density at radius 2 is 1.17 bits per heavy atom. The first-order valence-corrected chi connectivity index (χ1v) is 9.79. The molecular weight excluding hydrogens is 443 g/mol. The van der Waals surface area contributed by atoms with Gasteiger partial charge in [0.25, 0.3) is 0 Å². The molecule has 0 rings (SSSR count). The Balaban J connectivity index is -0.000000125. The summed E-state index contributed by atoms with van der Waals surface area (Å²) >= 11 is 0. The zero-order valence-corrected chi connectivity index (χ0v) is 17.9. The van der Waals surface area contributed by atoms with E-state index < -0.39 is 15.6 Å². The molecular formula is C14H28F3O3PPdS. The molecule has 0 aromatic rings. The van der Waals surface area contributed by atoms with Gasteiger partial charge in [0, 0.05) is 0 Å². The van der Waals surface area contributed by atoms with Gasteiger partial charge in [0.1, 0.15) is 0 Å². The van der Waals surface area contributed by atoms with Crippen LogP contribution in [0.2, 0.25) is 0 Å². The van der Waals surface area contributed by atoms with Gasteiger partial charge in [-0.3, -0.25) is 0 Å². The molecule has 0 saturated carbocycles. The molecule has 0 heterocycles. The molecule has 0 fully saturated rings. The molecule has 0 aliphatic rings. The van der Waals surface area contributed by atoms with Gasteiger partial charge in [-0.15, -0.1) is 6.92 Å². The van der Waals surface area contributed by atoms with Crippen LogP contribution in [0.25, 0.3) is 0 Å². The predicted molar refractivity (Wildman–Crippen MR) is 88.3 cm³/mol. The van der Waals surface area contributed by atoms with E-state index in [0.717, 1.165) is 17.0 Å². The van der Waals surface area contributed by atoms with Crippen LogP contribution in [-0.4, -0.2) is 35.5 Å². The average Bonchev–Trinajstić information content (AvgIpc) is 2.25. The minimum Gasteiger partial charge on any atom is -0.741 e. The number of halogens is 3. The quantitative estimate of drug-likeness (QED) is 0.189. The second-order valence-corrected chi connectivity index (χ2v) is 10.6. The van der Waals surface area contributed by atoms with Crippen molar-refractivity contribution in [3.8, 4) is 0 Å². The minimum absolute atomic E-state index is 0. The molecule has 0 saturated heterocycles. The van der Waals surface area contributed by atoms with E-state index in [2.05, 4.69) is 48.5 Å². The third-order valence-corrected chi connectivity index (χ3v) is 6.45. The first-order valence-electron chi connectivity index (χ1n) is 6.83. The SMILES string of the molecule is CC(C)P(C(C)C)C(C)C.O=S(=O)([O-])C(F)(F)F.[CH2-]/C=C/C.[Pd+2]. The zero-order chi connectivity index (χ0) is 18.7. The van der Waals surface area contributed by atoms with Crippen LogP contribution in [0, 0.1) is 6.92 Å². The maximum atomic E-state index is 10.7. The van der Waals surface area contributed by atoms with E-state index in [9.17, 15) is 13.2 Å². The summed E-state index contributed by atoms with van der Waals surface area (Å²) < 4.78 is 58.9. The molecule has 0 aromatic carbocycles. The van der Waals surface area contributed by atoms with Crippen molar-refractivity contribution in [1.29, 1.82) is 0 Å². The van der Waals surface area contributed by atoms with Gasteiger partial charge in [0.15, 0.2) is 10.1 Å². The van der Waals surface area contributed by atoms with Crippen LogP contribution in [0.4, 0.5) is 13.2 Å². The van der Waals surface area contributed by atoms with Crippen molar-refractivity contribution < 1.29 is 46.6 Å². The number of allylic oxidation sites excluding steroid dienone is 2. The largest absolute Gasteiger partial charge is 2.00 e. The van der Waals surface area contributed by atoms with E-state index in [-0.39, 0.29) is 28.3 Å². The standard InChI is InChI=1S/C9H21P.C4H7.CHF3O3S.Pd/c1-7(2)10(8(3)4)9(5)6;1-3-4-2;2-1(3,4)8(5,6)7;/h7-9H,1-6H3;3-4H,1H2,2H3;(H,5,6,7);/q;-1;;+2/p-1/b;4-3+;;. The fraction of sp³-hybridized carbons (Fsp3) is 0.786. The Kier molecular flexibility index (Phi) is 20.0. The van der Waals surface area contributed by atoms with Gasteiger partial charge in [-0.25, -0.2) is 27.5 Å². The van der Waals surface area contributed by atoms with E-state index in [1.807, 2.05) is 13.0 Å². The normalized spacial score (nSPS) is 12.0. The van der Waals surface area contributed by atoms with Crippen molar-refractivity contribution >= 4 is 18.0 Å². The molecule has 3 nitrogen and oxygen atoms in total.